The largest absolute Gasteiger partial charge is 0.396 e. The molecule has 88 valence electrons. The topological polar surface area (TPSA) is 20.2 Å². The summed E-state index contributed by atoms with van der Waals surface area (Å²) >= 11 is 2.51. The van der Waals surface area contributed by atoms with Crippen LogP contribution in [0.2, 0.25) is 0 Å². The average molecular weight is 322 g/mol. The van der Waals surface area contributed by atoms with Crippen LogP contribution in [0.25, 0.3) is 0 Å². The third-order valence-electron chi connectivity index (χ3n) is 3.75. The highest BCUT2D eigenvalue weighted by atomic mass is 127. The molecule has 0 aromatic carbocycles. The van der Waals surface area contributed by atoms with Crippen molar-refractivity contribution in [1.82, 2.24) is 0 Å². The molecule has 1 nitrogen and oxygen atoms in total. The second-order valence-corrected chi connectivity index (χ2v) is 6.07. The lowest BCUT2D eigenvalue weighted by atomic mass is 9.92. The summed E-state index contributed by atoms with van der Waals surface area (Å²) in [6.07, 6.45) is 9.69. The van der Waals surface area contributed by atoms with Crippen molar-refractivity contribution in [3.63, 3.8) is 0 Å². The van der Waals surface area contributed by atoms with E-state index in [1.165, 1.54) is 32.1 Å². The van der Waals surface area contributed by atoms with Gasteiger partial charge < -0.3 is 5.11 Å². The van der Waals surface area contributed by atoms with Gasteiger partial charge in [0.2, 0.25) is 0 Å². The van der Waals surface area contributed by atoms with E-state index < -0.39 is 0 Å². The minimum atomic E-state index is 0.356. The van der Waals surface area contributed by atoms with Gasteiger partial charge in [0, 0.05) is 16.4 Å². The smallest absolute Gasteiger partial charge is 0.0475 e. The van der Waals surface area contributed by atoms with Gasteiger partial charge in [-0.25, -0.2) is 0 Å². The highest BCUT2D eigenvalue weighted by Crippen LogP contribution is 2.63. The summed E-state index contributed by atoms with van der Waals surface area (Å²) in [5.74, 6) is 0.526. The van der Waals surface area contributed by atoms with E-state index in [1.54, 1.807) is 0 Å². The van der Waals surface area contributed by atoms with Crippen molar-refractivity contribution in [2.24, 2.45) is 11.3 Å². The maximum absolute atomic E-state index is 9.30. The molecule has 0 bridgehead atoms. The van der Waals surface area contributed by atoms with E-state index in [0.29, 0.717) is 21.9 Å². The Morgan fingerprint density at radius 3 is 2.60 bits per heavy atom. The van der Waals surface area contributed by atoms with Gasteiger partial charge in [-0.3, -0.25) is 0 Å². The minimum Gasteiger partial charge on any atom is -0.396 e. The van der Waals surface area contributed by atoms with Gasteiger partial charge in [0.05, 0.1) is 0 Å². The van der Waals surface area contributed by atoms with Crippen LogP contribution in [0.15, 0.2) is 12.7 Å². The Balaban J connectivity index is 2.36. The minimum absolute atomic E-state index is 0.356. The van der Waals surface area contributed by atoms with Crippen molar-refractivity contribution in [2.45, 2.75) is 49.4 Å². The number of halogens is 1. The first-order chi connectivity index (χ1) is 7.22. The first-order valence-electron chi connectivity index (χ1n) is 6.08. The first-order valence-corrected chi connectivity index (χ1v) is 7.33. The molecule has 0 aromatic heterocycles. The Morgan fingerprint density at radius 2 is 2.13 bits per heavy atom. The fraction of sp³-hybridized carbons (Fsp3) is 0.846. The summed E-state index contributed by atoms with van der Waals surface area (Å²) in [4.78, 5) is 0. The van der Waals surface area contributed by atoms with Gasteiger partial charge in [-0.15, -0.1) is 6.58 Å². The van der Waals surface area contributed by atoms with Crippen LogP contribution in [0.3, 0.4) is 0 Å². The molecule has 0 aliphatic heterocycles. The lowest BCUT2D eigenvalue weighted by molar-refractivity contribution is 0.242. The molecular formula is C13H23IO. The third kappa shape index (κ3) is 2.96. The van der Waals surface area contributed by atoms with Crippen LogP contribution in [0.1, 0.15) is 45.4 Å². The van der Waals surface area contributed by atoms with E-state index in [9.17, 15) is 5.11 Å². The Morgan fingerprint density at radius 1 is 1.40 bits per heavy atom. The molecule has 1 aliphatic carbocycles. The van der Waals surface area contributed by atoms with Crippen molar-refractivity contribution in [2.75, 3.05) is 6.61 Å². The molecular weight excluding hydrogens is 299 g/mol. The molecule has 1 saturated carbocycles. The highest BCUT2D eigenvalue weighted by Gasteiger charge is 2.60. The molecule has 0 heterocycles. The van der Waals surface area contributed by atoms with Crippen molar-refractivity contribution in [3.8, 4) is 0 Å². The fourth-order valence-corrected chi connectivity index (χ4v) is 4.40. The first kappa shape index (κ1) is 13.5. The zero-order valence-corrected chi connectivity index (χ0v) is 11.9. The number of hydrogen-bond acceptors (Lipinski definition) is 1. The maximum atomic E-state index is 9.30. The lowest BCUT2D eigenvalue weighted by Gasteiger charge is -2.14. The summed E-state index contributed by atoms with van der Waals surface area (Å²) in [7, 11) is 0. The molecule has 0 saturated heterocycles. The number of rotatable bonds is 8. The summed E-state index contributed by atoms with van der Waals surface area (Å²) in [5, 5.41) is 9.30. The predicted octanol–water partition coefficient (Wildman–Crippen LogP) is 3.95. The van der Waals surface area contributed by atoms with Crippen molar-refractivity contribution < 1.29 is 5.11 Å². The van der Waals surface area contributed by atoms with Gasteiger partial charge in [0.25, 0.3) is 0 Å². The molecule has 1 N–H and O–H groups in total. The molecule has 0 unspecified atom stereocenters. The summed E-state index contributed by atoms with van der Waals surface area (Å²) in [6.45, 7) is 6.45. The molecule has 0 aromatic rings. The van der Waals surface area contributed by atoms with E-state index in [1.807, 2.05) is 6.08 Å². The van der Waals surface area contributed by atoms with Gasteiger partial charge in [0.15, 0.2) is 0 Å². The zero-order valence-electron chi connectivity index (χ0n) is 9.71. The van der Waals surface area contributed by atoms with E-state index in [2.05, 4.69) is 36.1 Å². The Kier molecular flexibility index (Phi) is 5.61. The van der Waals surface area contributed by atoms with Crippen molar-refractivity contribution in [3.05, 3.63) is 12.7 Å². The average Bonchev–Trinajstić information content (AvgIpc) is 2.79. The number of hydrogen-bond donors (Lipinski definition) is 1. The normalized spacial score (nSPS) is 34.1. The molecule has 0 amide bonds. The van der Waals surface area contributed by atoms with E-state index in [-0.39, 0.29) is 0 Å². The molecule has 2 heteroatoms. The van der Waals surface area contributed by atoms with Crippen LogP contribution in [0.4, 0.5) is 0 Å². The van der Waals surface area contributed by atoms with Gasteiger partial charge >= 0.3 is 0 Å². The van der Waals surface area contributed by atoms with Crippen LogP contribution in [0.5, 0.6) is 0 Å². The SMILES string of the molecule is C=CC[C@]1(CCCCCC)[C@H](I)[C@@H]1CO. The Hall–Kier alpha value is 0.430. The van der Waals surface area contributed by atoms with E-state index in [0.717, 1.165) is 6.42 Å². The number of aliphatic hydroxyl groups is 1. The van der Waals surface area contributed by atoms with Crippen molar-refractivity contribution in [1.29, 1.82) is 0 Å². The molecule has 1 rings (SSSR count). The van der Waals surface area contributed by atoms with Gasteiger partial charge in [0.1, 0.15) is 0 Å². The van der Waals surface area contributed by atoms with Crippen LogP contribution >= 0.6 is 22.6 Å². The number of unbranched alkanes of at least 4 members (excludes halogenated alkanes) is 3. The Bertz CT molecular complexity index is 205. The lowest BCUT2D eigenvalue weighted by Crippen LogP contribution is -2.06. The van der Waals surface area contributed by atoms with Crippen LogP contribution in [0, 0.1) is 11.3 Å². The quantitative estimate of drug-likeness (QED) is 0.311. The molecule has 1 aliphatic rings. The molecule has 15 heavy (non-hydrogen) atoms. The molecule has 0 spiro atoms. The molecule has 0 radical (unpaired) electrons. The predicted molar refractivity (Wildman–Crippen MR) is 74.4 cm³/mol. The van der Waals surface area contributed by atoms with E-state index in [4.69, 9.17) is 0 Å². The monoisotopic (exact) mass is 322 g/mol. The summed E-state index contributed by atoms with van der Waals surface area (Å²) in [5.41, 5.74) is 0.394. The fourth-order valence-electron chi connectivity index (χ4n) is 2.64. The van der Waals surface area contributed by atoms with Crippen LogP contribution in [-0.2, 0) is 0 Å². The molecule has 1 fully saturated rings. The standard InChI is InChI=1S/C13H23IO/c1-3-5-6-7-9-13(8-4-2)11(10-15)12(13)14/h4,11-12,15H,2-3,5-10H2,1H3/t11-,12+,13+/m0/s1. The second-order valence-electron chi connectivity index (χ2n) is 4.73. The van der Waals surface area contributed by atoms with Gasteiger partial charge in [-0.05, 0) is 18.3 Å². The maximum Gasteiger partial charge on any atom is 0.0475 e. The number of alkyl halides is 1. The number of aliphatic hydroxyl groups excluding tert-OH is 1. The van der Waals surface area contributed by atoms with Crippen LogP contribution in [-0.4, -0.2) is 15.6 Å². The summed E-state index contributed by atoms with van der Waals surface area (Å²) < 4.78 is 0.666. The highest BCUT2D eigenvalue weighted by molar-refractivity contribution is 14.1. The molecule has 3 atom stereocenters. The number of allylic oxidation sites excluding steroid dienone is 1. The summed E-state index contributed by atoms with van der Waals surface area (Å²) in [6, 6.07) is 0. The van der Waals surface area contributed by atoms with Gasteiger partial charge in [-0.1, -0.05) is 61.3 Å². The van der Waals surface area contributed by atoms with Crippen molar-refractivity contribution >= 4 is 22.6 Å². The van der Waals surface area contributed by atoms with Crippen LogP contribution < -0.4 is 0 Å². The van der Waals surface area contributed by atoms with Gasteiger partial charge in [-0.2, -0.15) is 0 Å². The third-order valence-corrected chi connectivity index (χ3v) is 5.86. The second kappa shape index (κ2) is 6.24. The van der Waals surface area contributed by atoms with E-state index >= 15 is 0 Å². The zero-order chi connectivity index (χ0) is 11.3. The Labute approximate surface area is 107 Å².